The van der Waals surface area contributed by atoms with Crippen LogP contribution in [-0.4, -0.2) is 0 Å². The zero-order valence-electron chi connectivity index (χ0n) is 5.83. The second kappa shape index (κ2) is 2.32. The number of halogens is 1. The van der Waals surface area contributed by atoms with Gasteiger partial charge in [-0.2, -0.15) is 0 Å². The van der Waals surface area contributed by atoms with E-state index in [0.717, 1.165) is 0 Å². The molecule has 2 aromatic heterocycles. The number of rotatable bonds is 0. The zero-order chi connectivity index (χ0) is 8.72. The van der Waals surface area contributed by atoms with Crippen LogP contribution in [0.15, 0.2) is 32.2 Å². The molecule has 0 aliphatic carbocycles. The molecule has 0 fully saturated rings. The van der Waals surface area contributed by atoms with Gasteiger partial charge < -0.3 is 4.42 Å². The molecule has 2 heterocycles. The Morgan fingerprint density at radius 2 is 1.92 bits per heavy atom. The Morgan fingerprint density at radius 3 is 2.58 bits per heavy atom. The quantitative estimate of drug-likeness (QED) is 0.616. The van der Waals surface area contributed by atoms with Crippen LogP contribution in [0.2, 0.25) is 5.02 Å². The van der Waals surface area contributed by atoms with E-state index in [0.29, 0.717) is 5.39 Å². The Kier molecular flexibility index (Phi) is 1.41. The molecule has 0 N–H and O–H groups in total. The molecule has 3 rings (SSSR count). The summed E-state index contributed by atoms with van der Waals surface area (Å²) in [5.74, 6) is 0. The van der Waals surface area contributed by atoms with E-state index in [1.807, 2.05) is 0 Å². The van der Waals surface area contributed by atoms with Crippen LogP contribution in [0.25, 0.3) is 10.8 Å². The van der Waals surface area contributed by atoms with Gasteiger partial charge in [-0.15, -0.1) is 0 Å². The van der Waals surface area contributed by atoms with Crippen molar-refractivity contribution in [2.24, 2.45) is 0 Å². The lowest BCUT2D eigenvalue weighted by molar-refractivity contribution is 0.492. The van der Waals surface area contributed by atoms with E-state index in [-0.39, 0.29) is 10.4 Å². The fourth-order valence-electron chi connectivity index (χ4n) is 1.01. The first kappa shape index (κ1) is 7.31. The van der Waals surface area contributed by atoms with Gasteiger partial charge in [-0.3, -0.25) is 0 Å². The van der Waals surface area contributed by atoms with Crippen LogP contribution in [0.4, 0.5) is 0 Å². The van der Waals surface area contributed by atoms with E-state index in [1.165, 1.54) is 18.2 Å². The first-order chi connectivity index (χ1) is 5.68. The Bertz CT molecular complexity index is 529. The fourth-order valence-corrected chi connectivity index (χ4v) is 1.26. The molecule has 0 saturated carbocycles. The third-order valence-electron chi connectivity index (χ3n) is 1.61. The molecule has 0 saturated heterocycles. The molecule has 0 aliphatic heterocycles. The van der Waals surface area contributed by atoms with Crippen LogP contribution in [0.5, 0.6) is 0 Å². The van der Waals surface area contributed by atoms with Crippen LogP contribution in [0.3, 0.4) is 0 Å². The molecule has 4 heteroatoms. The number of hydrogen-bond donors (Lipinski definition) is 0. The minimum atomic E-state index is -0.690. The molecule has 0 radical (unpaired) electrons. The molecular weight excluding hydrogens is 180 g/mol. The van der Waals surface area contributed by atoms with Gasteiger partial charge in [-0.05, 0) is 18.2 Å². The largest absolute Gasteiger partial charge is 0.386 e. The molecule has 3 nitrogen and oxygen atoms in total. The van der Waals surface area contributed by atoms with Gasteiger partial charge >= 0.3 is 11.3 Å². The highest BCUT2D eigenvalue weighted by atomic mass is 35.5. The van der Waals surface area contributed by atoms with Crippen LogP contribution in [0, 0.1) is 0 Å². The minimum Gasteiger partial charge on any atom is -0.386 e. The van der Waals surface area contributed by atoms with Crippen molar-refractivity contribution in [2.45, 2.75) is 0 Å². The standard InChI is InChI=1S/C8H3ClO3/c9-6-3-4-1-2-5(6)8(11)12-7(4)10/h1-3H. The average molecular weight is 183 g/mol. The maximum atomic E-state index is 11.0. The normalized spacial score (nSPS) is 10.8. The fraction of sp³-hybridized carbons (Fsp3) is 0. The van der Waals surface area contributed by atoms with E-state index in [2.05, 4.69) is 4.42 Å². The van der Waals surface area contributed by atoms with Crippen molar-refractivity contribution in [3.63, 3.8) is 0 Å². The Morgan fingerprint density at radius 1 is 1.17 bits per heavy atom. The lowest BCUT2D eigenvalue weighted by Gasteiger charge is -1.85. The molecule has 0 atom stereocenters. The predicted molar refractivity (Wildman–Crippen MR) is 45.0 cm³/mol. The van der Waals surface area contributed by atoms with Crippen molar-refractivity contribution >= 4 is 22.4 Å². The summed E-state index contributed by atoms with van der Waals surface area (Å²) in [6.07, 6.45) is 0. The second-order valence-electron chi connectivity index (χ2n) is 2.37. The van der Waals surface area contributed by atoms with Crippen LogP contribution in [-0.2, 0) is 0 Å². The maximum Gasteiger partial charge on any atom is 0.347 e. The third-order valence-corrected chi connectivity index (χ3v) is 1.92. The van der Waals surface area contributed by atoms with E-state index in [1.54, 1.807) is 0 Å². The molecule has 2 bridgehead atoms. The SMILES string of the molecule is O=c1oc(=O)c2ccc1cc2Cl. The van der Waals surface area contributed by atoms with Gasteiger partial charge in [-0.1, -0.05) is 11.6 Å². The summed E-state index contributed by atoms with van der Waals surface area (Å²) in [6, 6.07) is 4.41. The molecule has 12 heavy (non-hydrogen) atoms. The second-order valence-corrected chi connectivity index (χ2v) is 2.78. The average Bonchev–Trinajstić information content (AvgIpc) is 2.19. The van der Waals surface area contributed by atoms with Gasteiger partial charge in [-0.25, -0.2) is 9.59 Å². The van der Waals surface area contributed by atoms with Gasteiger partial charge in [0, 0.05) is 0 Å². The summed E-state index contributed by atoms with van der Waals surface area (Å²) in [5.41, 5.74) is -1.34. The summed E-state index contributed by atoms with van der Waals surface area (Å²) in [4.78, 5) is 22.0. The van der Waals surface area contributed by atoms with E-state index >= 15 is 0 Å². The van der Waals surface area contributed by atoms with E-state index in [4.69, 9.17) is 11.6 Å². The molecule has 0 aliphatic rings. The Hall–Kier alpha value is -1.35. The maximum absolute atomic E-state index is 11.0. The highest BCUT2D eigenvalue weighted by molar-refractivity contribution is 6.34. The summed E-state index contributed by atoms with van der Waals surface area (Å²) in [6.45, 7) is 0. The minimum absolute atomic E-state index is 0.228. The van der Waals surface area contributed by atoms with Crippen molar-refractivity contribution in [1.82, 2.24) is 0 Å². The van der Waals surface area contributed by atoms with Gasteiger partial charge in [0.15, 0.2) is 0 Å². The summed E-state index contributed by atoms with van der Waals surface area (Å²) in [5, 5.41) is 0.782. The molecule has 0 amide bonds. The van der Waals surface area contributed by atoms with Gasteiger partial charge in [0.2, 0.25) is 0 Å². The third kappa shape index (κ3) is 0.905. The first-order valence-corrected chi connectivity index (χ1v) is 3.62. The van der Waals surface area contributed by atoms with Gasteiger partial charge in [0.05, 0.1) is 15.8 Å². The molecule has 0 spiro atoms. The number of benzene rings is 1. The number of hydrogen-bond acceptors (Lipinski definition) is 3. The summed E-state index contributed by atoms with van der Waals surface area (Å²) >= 11 is 5.68. The van der Waals surface area contributed by atoms with Crippen molar-refractivity contribution in [3.05, 3.63) is 44.1 Å². The monoisotopic (exact) mass is 182 g/mol. The Balaban J connectivity index is 3.26. The predicted octanol–water partition coefficient (Wildman–Crippen LogP) is 1.24. The van der Waals surface area contributed by atoms with Crippen molar-refractivity contribution in [3.8, 4) is 0 Å². The van der Waals surface area contributed by atoms with Crippen molar-refractivity contribution < 1.29 is 4.42 Å². The molecule has 1 aromatic carbocycles. The highest BCUT2D eigenvalue weighted by Crippen LogP contribution is 2.15. The lowest BCUT2D eigenvalue weighted by atomic mass is 10.2. The molecule has 60 valence electrons. The summed E-state index contributed by atoms with van der Waals surface area (Å²) < 4.78 is 4.42. The first-order valence-electron chi connectivity index (χ1n) is 3.24. The Labute approximate surface area is 71.5 Å². The number of fused-ring (bicyclic) bond motifs is 4. The van der Waals surface area contributed by atoms with E-state index < -0.39 is 11.3 Å². The zero-order valence-corrected chi connectivity index (χ0v) is 6.59. The van der Waals surface area contributed by atoms with Crippen molar-refractivity contribution in [1.29, 1.82) is 0 Å². The lowest BCUT2D eigenvalue weighted by Crippen LogP contribution is -2.02. The molecular formula is C8H3ClO3. The van der Waals surface area contributed by atoms with Crippen molar-refractivity contribution in [2.75, 3.05) is 0 Å². The van der Waals surface area contributed by atoms with E-state index in [9.17, 15) is 9.59 Å². The molecule has 0 unspecified atom stereocenters. The van der Waals surface area contributed by atoms with Crippen LogP contribution < -0.4 is 11.3 Å². The van der Waals surface area contributed by atoms with Gasteiger partial charge in [0.25, 0.3) is 0 Å². The summed E-state index contributed by atoms with van der Waals surface area (Å²) in [7, 11) is 0. The molecule has 3 aromatic rings. The van der Waals surface area contributed by atoms with Gasteiger partial charge in [0.1, 0.15) is 0 Å². The topological polar surface area (TPSA) is 47.3 Å². The van der Waals surface area contributed by atoms with Crippen LogP contribution in [0.1, 0.15) is 0 Å². The van der Waals surface area contributed by atoms with Crippen LogP contribution >= 0.6 is 11.6 Å². The smallest absolute Gasteiger partial charge is 0.347 e. The highest BCUT2D eigenvalue weighted by Gasteiger charge is 2.04.